The molecule has 0 saturated heterocycles. The van der Waals surface area contributed by atoms with Crippen molar-refractivity contribution in [3.8, 4) is 0 Å². The second-order valence-corrected chi connectivity index (χ2v) is 6.32. The second kappa shape index (κ2) is 7.26. The number of hydrogen-bond acceptors (Lipinski definition) is 3. The van der Waals surface area contributed by atoms with Gasteiger partial charge in [-0.15, -0.1) is 0 Å². The zero-order chi connectivity index (χ0) is 16.9. The molecule has 0 aliphatic carbocycles. The standard InChI is InChI=1S/C16H25N3O3/c1-11(21)19(5)13-8-6-12(7-9-13)17-15(22)18-14(10-20)16(2,3)4/h6-9,14,20H,10H2,1-5H3,(H2,17,18,22)/t14-/m1/s1. The van der Waals surface area contributed by atoms with E-state index in [4.69, 9.17) is 0 Å². The highest BCUT2D eigenvalue weighted by atomic mass is 16.3. The monoisotopic (exact) mass is 307 g/mol. The van der Waals surface area contributed by atoms with Gasteiger partial charge in [0.15, 0.2) is 0 Å². The van der Waals surface area contributed by atoms with Crippen molar-refractivity contribution in [3.63, 3.8) is 0 Å². The second-order valence-electron chi connectivity index (χ2n) is 6.32. The zero-order valence-electron chi connectivity index (χ0n) is 13.8. The van der Waals surface area contributed by atoms with Crippen molar-refractivity contribution in [1.82, 2.24) is 5.32 Å². The van der Waals surface area contributed by atoms with Crippen molar-refractivity contribution < 1.29 is 14.7 Å². The van der Waals surface area contributed by atoms with Crippen LogP contribution < -0.4 is 15.5 Å². The fourth-order valence-electron chi connectivity index (χ4n) is 1.81. The number of aliphatic hydroxyl groups excluding tert-OH is 1. The van der Waals surface area contributed by atoms with E-state index in [0.29, 0.717) is 5.69 Å². The lowest BCUT2D eigenvalue weighted by Gasteiger charge is -2.29. The Balaban J connectivity index is 2.67. The fourth-order valence-corrected chi connectivity index (χ4v) is 1.81. The van der Waals surface area contributed by atoms with Crippen LogP contribution in [-0.4, -0.2) is 36.7 Å². The summed E-state index contributed by atoms with van der Waals surface area (Å²) in [6.07, 6.45) is 0. The number of carbonyl (C=O) groups excluding carboxylic acids is 2. The van der Waals surface area contributed by atoms with Gasteiger partial charge in [-0.05, 0) is 29.7 Å². The van der Waals surface area contributed by atoms with E-state index in [9.17, 15) is 14.7 Å². The molecule has 1 aromatic rings. The molecule has 6 heteroatoms. The van der Waals surface area contributed by atoms with Crippen molar-refractivity contribution in [1.29, 1.82) is 0 Å². The zero-order valence-corrected chi connectivity index (χ0v) is 13.8. The summed E-state index contributed by atoms with van der Waals surface area (Å²) < 4.78 is 0. The van der Waals surface area contributed by atoms with E-state index in [1.165, 1.54) is 11.8 Å². The first-order chi connectivity index (χ1) is 10.1. The number of rotatable bonds is 4. The van der Waals surface area contributed by atoms with Gasteiger partial charge in [0.1, 0.15) is 0 Å². The van der Waals surface area contributed by atoms with Crippen molar-refractivity contribution in [3.05, 3.63) is 24.3 Å². The van der Waals surface area contributed by atoms with Crippen LogP contribution in [0.4, 0.5) is 16.2 Å². The maximum Gasteiger partial charge on any atom is 0.319 e. The van der Waals surface area contributed by atoms with Crippen LogP contribution >= 0.6 is 0 Å². The number of nitrogens with zero attached hydrogens (tertiary/aromatic N) is 1. The van der Waals surface area contributed by atoms with Gasteiger partial charge in [-0.2, -0.15) is 0 Å². The predicted octanol–water partition coefficient (Wildman–Crippen LogP) is 2.20. The molecule has 3 N–H and O–H groups in total. The Morgan fingerprint density at radius 1 is 1.23 bits per heavy atom. The first-order valence-electron chi connectivity index (χ1n) is 7.18. The van der Waals surface area contributed by atoms with Gasteiger partial charge in [0.05, 0.1) is 12.6 Å². The summed E-state index contributed by atoms with van der Waals surface area (Å²) in [7, 11) is 1.69. The van der Waals surface area contributed by atoms with Crippen LogP contribution in [0.25, 0.3) is 0 Å². The molecule has 6 nitrogen and oxygen atoms in total. The van der Waals surface area contributed by atoms with E-state index < -0.39 is 0 Å². The van der Waals surface area contributed by atoms with E-state index in [1.54, 1.807) is 31.3 Å². The van der Waals surface area contributed by atoms with Crippen LogP contribution in [0.1, 0.15) is 27.7 Å². The molecular formula is C16H25N3O3. The molecule has 3 amide bonds. The number of anilines is 2. The molecule has 22 heavy (non-hydrogen) atoms. The topological polar surface area (TPSA) is 81.7 Å². The highest BCUT2D eigenvalue weighted by molar-refractivity contribution is 5.92. The molecule has 0 spiro atoms. The lowest BCUT2D eigenvalue weighted by atomic mass is 9.87. The molecule has 0 fully saturated rings. The summed E-state index contributed by atoms with van der Waals surface area (Å²) in [5.74, 6) is -0.0607. The molecule has 1 aromatic carbocycles. The lowest BCUT2D eigenvalue weighted by Crippen LogP contribution is -2.47. The molecule has 122 valence electrons. The number of urea groups is 1. The van der Waals surface area contributed by atoms with Crippen molar-refractivity contribution in [2.75, 3.05) is 23.9 Å². The minimum Gasteiger partial charge on any atom is -0.394 e. The quantitative estimate of drug-likeness (QED) is 0.797. The predicted molar refractivity (Wildman–Crippen MR) is 88.0 cm³/mol. The third-order valence-electron chi connectivity index (χ3n) is 3.52. The lowest BCUT2D eigenvalue weighted by molar-refractivity contribution is -0.116. The van der Waals surface area contributed by atoms with E-state index >= 15 is 0 Å². The normalized spacial score (nSPS) is 12.5. The smallest absolute Gasteiger partial charge is 0.319 e. The van der Waals surface area contributed by atoms with Gasteiger partial charge in [0.25, 0.3) is 0 Å². The van der Waals surface area contributed by atoms with Crippen molar-refractivity contribution in [2.24, 2.45) is 5.41 Å². The Labute approximate surface area is 131 Å². The minimum absolute atomic E-state index is 0.0607. The number of aliphatic hydroxyl groups is 1. The number of nitrogens with one attached hydrogen (secondary N) is 2. The molecule has 0 heterocycles. The minimum atomic E-state index is -0.373. The van der Waals surface area contributed by atoms with Gasteiger partial charge in [0, 0.05) is 25.3 Å². The number of benzene rings is 1. The summed E-state index contributed by atoms with van der Waals surface area (Å²) in [4.78, 5) is 24.8. The van der Waals surface area contributed by atoms with E-state index in [2.05, 4.69) is 10.6 Å². The van der Waals surface area contributed by atoms with Crippen LogP contribution in [0, 0.1) is 5.41 Å². The van der Waals surface area contributed by atoms with E-state index in [1.807, 2.05) is 20.8 Å². The Morgan fingerprint density at radius 3 is 2.18 bits per heavy atom. The van der Waals surface area contributed by atoms with Gasteiger partial charge in [-0.1, -0.05) is 20.8 Å². The van der Waals surface area contributed by atoms with Gasteiger partial charge in [-0.3, -0.25) is 4.79 Å². The molecule has 0 radical (unpaired) electrons. The maximum atomic E-state index is 12.0. The number of carbonyl (C=O) groups is 2. The van der Waals surface area contributed by atoms with Gasteiger partial charge in [-0.25, -0.2) is 4.79 Å². The summed E-state index contributed by atoms with van der Waals surface area (Å²) in [6.45, 7) is 7.20. The molecule has 0 unspecified atom stereocenters. The highest BCUT2D eigenvalue weighted by Gasteiger charge is 2.25. The molecular weight excluding hydrogens is 282 g/mol. The van der Waals surface area contributed by atoms with E-state index in [0.717, 1.165) is 5.69 Å². The molecule has 0 bridgehead atoms. The van der Waals surface area contributed by atoms with Crippen LogP contribution in [-0.2, 0) is 4.79 Å². The molecule has 1 atom stereocenters. The molecule has 0 aliphatic heterocycles. The Kier molecular flexibility index (Phi) is 5.93. The number of amides is 3. The first-order valence-corrected chi connectivity index (χ1v) is 7.18. The average Bonchev–Trinajstić information content (AvgIpc) is 2.43. The maximum absolute atomic E-state index is 12.0. The average molecular weight is 307 g/mol. The van der Waals surface area contributed by atoms with Gasteiger partial charge < -0.3 is 20.6 Å². The first kappa shape index (κ1) is 18.0. The third-order valence-corrected chi connectivity index (χ3v) is 3.52. The fraction of sp³-hybridized carbons (Fsp3) is 0.500. The van der Waals surface area contributed by atoms with Crippen LogP contribution in [0.15, 0.2) is 24.3 Å². The SMILES string of the molecule is CC(=O)N(C)c1ccc(NC(=O)N[C@H](CO)C(C)(C)C)cc1. The third kappa shape index (κ3) is 5.04. The molecule has 0 aromatic heterocycles. The molecule has 1 rings (SSSR count). The van der Waals surface area contributed by atoms with Gasteiger partial charge in [0.2, 0.25) is 5.91 Å². The Morgan fingerprint density at radius 2 is 1.77 bits per heavy atom. The van der Waals surface area contributed by atoms with Crippen molar-refractivity contribution in [2.45, 2.75) is 33.7 Å². The van der Waals surface area contributed by atoms with Crippen LogP contribution in [0.3, 0.4) is 0 Å². The molecule has 0 saturated carbocycles. The van der Waals surface area contributed by atoms with Gasteiger partial charge >= 0.3 is 6.03 Å². The van der Waals surface area contributed by atoms with Crippen molar-refractivity contribution >= 4 is 23.3 Å². The Hall–Kier alpha value is -2.08. The largest absolute Gasteiger partial charge is 0.394 e. The number of hydrogen-bond donors (Lipinski definition) is 3. The Bertz CT molecular complexity index is 520. The summed E-state index contributed by atoms with van der Waals surface area (Å²) in [5, 5.41) is 14.8. The summed E-state index contributed by atoms with van der Waals surface area (Å²) in [5.41, 5.74) is 1.13. The van der Waals surface area contributed by atoms with Crippen LogP contribution in [0.2, 0.25) is 0 Å². The van der Waals surface area contributed by atoms with Crippen LogP contribution in [0.5, 0.6) is 0 Å². The highest BCUT2D eigenvalue weighted by Crippen LogP contribution is 2.20. The summed E-state index contributed by atoms with van der Waals surface area (Å²) >= 11 is 0. The van der Waals surface area contributed by atoms with E-state index in [-0.39, 0.29) is 30.0 Å². The molecule has 0 aliphatic rings. The summed E-state index contributed by atoms with van der Waals surface area (Å²) in [6, 6.07) is 6.24.